The van der Waals surface area contributed by atoms with Gasteiger partial charge >= 0.3 is 0 Å². The summed E-state index contributed by atoms with van der Waals surface area (Å²) in [7, 11) is 0. The lowest BCUT2D eigenvalue weighted by atomic mass is 9.84. The second-order valence-corrected chi connectivity index (χ2v) is 13.6. The largest absolute Gasteiger partial charge is 0.264 e. The maximum absolute atomic E-state index is 5.25. The van der Waals surface area contributed by atoms with Crippen LogP contribution in [0.15, 0.2) is 200 Å². The molecule has 3 nitrogen and oxygen atoms in total. The molecular weight excluding hydrogens is 655 g/mol. The van der Waals surface area contributed by atoms with Gasteiger partial charge in [0.05, 0.1) is 11.4 Å². The lowest BCUT2D eigenvalue weighted by Crippen LogP contribution is -1.97. The number of aromatic nitrogens is 3. The molecule has 2 heterocycles. The second-order valence-electron chi connectivity index (χ2n) is 13.6. The van der Waals surface area contributed by atoms with E-state index >= 15 is 0 Å². The zero-order valence-electron chi connectivity index (χ0n) is 29.4. The molecule has 0 saturated carbocycles. The highest BCUT2D eigenvalue weighted by Crippen LogP contribution is 2.45. The van der Waals surface area contributed by atoms with Gasteiger partial charge < -0.3 is 0 Å². The molecule has 0 fully saturated rings. The normalized spacial score (nSPS) is 11.3. The quantitative estimate of drug-likeness (QED) is 0.163. The number of nitrogens with zero attached hydrogens (tertiary/aromatic N) is 3. The Hall–Kier alpha value is -7.23. The third kappa shape index (κ3) is 5.60. The van der Waals surface area contributed by atoms with Crippen molar-refractivity contribution in [2.45, 2.75) is 0 Å². The van der Waals surface area contributed by atoms with Gasteiger partial charge in [0.25, 0.3) is 0 Å². The van der Waals surface area contributed by atoms with Crippen LogP contribution in [-0.2, 0) is 0 Å². The van der Waals surface area contributed by atoms with Crippen molar-refractivity contribution in [3.05, 3.63) is 200 Å². The maximum Gasteiger partial charge on any atom is 0.160 e. The van der Waals surface area contributed by atoms with Gasteiger partial charge in [0, 0.05) is 34.6 Å². The Kier molecular flexibility index (Phi) is 7.81. The lowest BCUT2D eigenvalue weighted by Gasteiger charge is -2.19. The van der Waals surface area contributed by atoms with E-state index in [1.807, 2.05) is 18.3 Å². The standard InChI is InChI=1S/C51H33N3/c1-2-15-35(16-3-1)47-32-48(37-19-10-18-36(30-37)40-22-13-29-52-33-40)54-51(53-47)39-21-11-20-38(31-39)49-43-24-6-8-26-45(43)50(46-27-9-7-25-44(46)49)42-28-12-17-34-14-4-5-23-41(34)42/h1-33H. The molecule has 10 aromatic rings. The van der Waals surface area contributed by atoms with Gasteiger partial charge in [0.2, 0.25) is 0 Å². The van der Waals surface area contributed by atoms with Crippen molar-refractivity contribution >= 4 is 32.3 Å². The molecule has 0 unspecified atom stereocenters. The van der Waals surface area contributed by atoms with Gasteiger partial charge in [-0.1, -0.05) is 164 Å². The predicted octanol–water partition coefficient (Wildman–Crippen LogP) is 13.3. The molecule has 0 saturated heterocycles. The fourth-order valence-electron chi connectivity index (χ4n) is 7.86. The maximum atomic E-state index is 5.25. The first-order valence-corrected chi connectivity index (χ1v) is 18.3. The molecule has 8 aromatic carbocycles. The molecule has 0 aliphatic rings. The summed E-state index contributed by atoms with van der Waals surface area (Å²) in [5.41, 5.74) is 11.8. The van der Waals surface area contributed by atoms with Crippen molar-refractivity contribution in [3.8, 4) is 67.3 Å². The van der Waals surface area contributed by atoms with E-state index in [2.05, 4.69) is 181 Å². The number of pyridine rings is 1. The second kappa shape index (κ2) is 13.4. The van der Waals surface area contributed by atoms with Gasteiger partial charge in [-0.2, -0.15) is 0 Å². The summed E-state index contributed by atoms with van der Waals surface area (Å²) in [5, 5.41) is 7.37. The van der Waals surface area contributed by atoms with E-state index in [0.717, 1.165) is 44.8 Å². The zero-order valence-corrected chi connectivity index (χ0v) is 29.4. The van der Waals surface area contributed by atoms with Crippen LogP contribution in [0.3, 0.4) is 0 Å². The molecule has 0 N–H and O–H groups in total. The SMILES string of the molecule is c1ccc(-c2cc(-c3cccc(-c4cccnc4)c3)nc(-c3cccc(-c4c5ccccc5c(-c5cccc6ccccc56)c5ccccc45)c3)n2)cc1. The Labute approximate surface area is 313 Å². The number of benzene rings is 8. The number of hydrogen-bond acceptors (Lipinski definition) is 3. The van der Waals surface area contributed by atoms with E-state index in [-0.39, 0.29) is 0 Å². The van der Waals surface area contributed by atoms with Crippen LogP contribution in [0.25, 0.3) is 99.6 Å². The van der Waals surface area contributed by atoms with E-state index in [1.54, 1.807) is 6.20 Å². The molecule has 3 heteroatoms. The Morgan fingerprint density at radius 1 is 0.315 bits per heavy atom. The van der Waals surface area contributed by atoms with Gasteiger partial charge in [-0.15, -0.1) is 0 Å². The molecule has 2 aromatic heterocycles. The summed E-state index contributed by atoms with van der Waals surface area (Å²) in [6, 6.07) is 66.7. The highest BCUT2D eigenvalue weighted by atomic mass is 14.9. The Bertz CT molecular complexity index is 2930. The predicted molar refractivity (Wildman–Crippen MR) is 225 cm³/mol. The van der Waals surface area contributed by atoms with Crippen LogP contribution in [0.5, 0.6) is 0 Å². The molecule has 10 rings (SSSR count). The van der Waals surface area contributed by atoms with Crippen LogP contribution < -0.4 is 0 Å². The zero-order chi connectivity index (χ0) is 35.8. The Balaban J connectivity index is 1.17. The van der Waals surface area contributed by atoms with Gasteiger partial charge in [0.1, 0.15) is 0 Å². The van der Waals surface area contributed by atoms with Gasteiger partial charge in [-0.3, -0.25) is 4.98 Å². The highest BCUT2D eigenvalue weighted by Gasteiger charge is 2.19. The fraction of sp³-hybridized carbons (Fsp3) is 0. The smallest absolute Gasteiger partial charge is 0.160 e. The van der Waals surface area contributed by atoms with Crippen LogP contribution in [0.1, 0.15) is 0 Å². The van der Waals surface area contributed by atoms with Crippen molar-refractivity contribution in [1.82, 2.24) is 15.0 Å². The number of rotatable bonds is 6. The summed E-state index contributed by atoms with van der Waals surface area (Å²) in [6.45, 7) is 0. The molecule has 0 atom stereocenters. The van der Waals surface area contributed by atoms with Gasteiger partial charge in [0.15, 0.2) is 5.82 Å². The highest BCUT2D eigenvalue weighted by molar-refractivity contribution is 6.23. The lowest BCUT2D eigenvalue weighted by molar-refractivity contribution is 1.18. The molecule has 0 aliphatic heterocycles. The van der Waals surface area contributed by atoms with Crippen LogP contribution in [0.4, 0.5) is 0 Å². The van der Waals surface area contributed by atoms with Crippen molar-refractivity contribution in [3.63, 3.8) is 0 Å². The molecule has 0 amide bonds. The first-order chi connectivity index (χ1) is 26.8. The summed E-state index contributed by atoms with van der Waals surface area (Å²) < 4.78 is 0. The first kappa shape index (κ1) is 31.5. The number of hydrogen-bond donors (Lipinski definition) is 0. The third-order valence-corrected chi connectivity index (χ3v) is 10.3. The summed E-state index contributed by atoms with van der Waals surface area (Å²) >= 11 is 0. The van der Waals surface area contributed by atoms with Crippen molar-refractivity contribution in [2.24, 2.45) is 0 Å². The van der Waals surface area contributed by atoms with E-state index < -0.39 is 0 Å². The molecule has 252 valence electrons. The van der Waals surface area contributed by atoms with Gasteiger partial charge in [-0.05, 0) is 84.4 Å². The molecule has 0 radical (unpaired) electrons. The molecule has 0 spiro atoms. The van der Waals surface area contributed by atoms with E-state index in [1.165, 1.54) is 49.0 Å². The van der Waals surface area contributed by atoms with E-state index in [9.17, 15) is 0 Å². The van der Waals surface area contributed by atoms with Crippen LogP contribution >= 0.6 is 0 Å². The fourth-order valence-corrected chi connectivity index (χ4v) is 7.86. The molecule has 0 aliphatic carbocycles. The van der Waals surface area contributed by atoms with Gasteiger partial charge in [-0.25, -0.2) is 9.97 Å². The minimum Gasteiger partial charge on any atom is -0.264 e. The van der Waals surface area contributed by atoms with Crippen molar-refractivity contribution in [1.29, 1.82) is 0 Å². The number of fused-ring (bicyclic) bond motifs is 3. The van der Waals surface area contributed by atoms with E-state index in [0.29, 0.717) is 5.82 Å². The topological polar surface area (TPSA) is 38.7 Å². The Morgan fingerprint density at radius 3 is 1.56 bits per heavy atom. The van der Waals surface area contributed by atoms with Crippen molar-refractivity contribution in [2.75, 3.05) is 0 Å². The summed E-state index contributed by atoms with van der Waals surface area (Å²) in [5.74, 6) is 0.681. The Morgan fingerprint density at radius 2 is 0.833 bits per heavy atom. The molecule has 54 heavy (non-hydrogen) atoms. The van der Waals surface area contributed by atoms with Crippen LogP contribution in [-0.4, -0.2) is 15.0 Å². The molecule has 0 bridgehead atoms. The van der Waals surface area contributed by atoms with Crippen LogP contribution in [0.2, 0.25) is 0 Å². The first-order valence-electron chi connectivity index (χ1n) is 18.3. The van der Waals surface area contributed by atoms with E-state index in [4.69, 9.17) is 9.97 Å². The average molecular weight is 688 g/mol. The minimum atomic E-state index is 0.681. The van der Waals surface area contributed by atoms with Crippen LogP contribution in [0, 0.1) is 0 Å². The summed E-state index contributed by atoms with van der Waals surface area (Å²) in [4.78, 5) is 14.8. The molecular formula is C51H33N3. The van der Waals surface area contributed by atoms with Crippen molar-refractivity contribution < 1.29 is 0 Å². The third-order valence-electron chi connectivity index (χ3n) is 10.3. The minimum absolute atomic E-state index is 0.681. The summed E-state index contributed by atoms with van der Waals surface area (Å²) in [6.07, 6.45) is 3.70. The monoisotopic (exact) mass is 687 g/mol. The average Bonchev–Trinajstić information content (AvgIpc) is 3.26.